The molecular weight excluding hydrogens is 336 g/mol. The minimum Gasteiger partial charge on any atom is -0.329 e. The summed E-state index contributed by atoms with van der Waals surface area (Å²) >= 11 is 0. The largest absolute Gasteiger partial charge is 0.329 e. The highest BCUT2D eigenvalue weighted by molar-refractivity contribution is 6.04. The average molecular weight is 354 g/mol. The van der Waals surface area contributed by atoms with Gasteiger partial charge in [0.25, 0.3) is 5.91 Å². The van der Waals surface area contributed by atoms with Crippen LogP contribution in [0.3, 0.4) is 0 Å². The highest BCUT2D eigenvalue weighted by Crippen LogP contribution is 2.26. The highest BCUT2D eigenvalue weighted by Gasteiger charge is 2.35. The van der Waals surface area contributed by atoms with Gasteiger partial charge in [-0.25, -0.2) is 14.5 Å². The van der Waals surface area contributed by atoms with Gasteiger partial charge in [0, 0.05) is 12.1 Å². The molecule has 0 radical (unpaired) electrons. The number of aromatic nitrogens is 3. The van der Waals surface area contributed by atoms with Gasteiger partial charge in [-0.05, 0) is 6.92 Å². The number of nitrogens with zero attached hydrogens (tertiary/aromatic N) is 5. The molecule has 0 unspecified atom stereocenters. The minimum atomic E-state index is -0.525. The molecule has 4 amide bonds. The first-order valence-electron chi connectivity index (χ1n) is 8.42. The molecule has 3 heterocycles. The number of nitrogens with one attached hydrogen (secondary N) is 1. The second-order valence-corrected chi connectivity index (χ2v) is 6.28. The van der Waals surface area contributed by atoms with E-state index in [0.29, 0.717) is 24.7 Å². The van der Waals surface area contributed by atoms with Crippen LogP contribution in [0.1, 0.15) is 18.8 Å². The molecule has 0 spiro atoms. The van der Waals surface area contributed by atoms with E-state index in [1.54, 1.807) is 4.90 Å². The molecule has 0 aliphatic carbocycles. The molecular formula is C17H18N6O3. The Balaban J connectivity index is 1.53. The Hall–Kier alpha value is -3.23. The molecule has 1 atom stereocenters. The molecule has 1 aromatic carbocycles. The van der Waals surface area contributed by atoms with Crippen LogP contribution in [-0.2, 0) is 16.1 Å². The lowest BCUT2D eigenvalue weighted by molar-refractivity contribution is -0.139. The number of imide groups is 1. The summed E-state index contributed by atoms with van der Waals surface area (Å²) in [4.78, 5) is 43.1. The van der Waals surface area contributed by atoms with E-state index in [4.69, 9.17) is 0 Å². The maximum absolute atomic E-state index is 12.6. The zero-order valence-electron chi connectivity index (χ0n) is 14.3. The van der Waals surface area contributed by atoms with Gasteiger partial charge >= 0.3 is 6.03 Å². The van der Waals surface area contributed by atoms with Crippen LogP contribution in [0.2, 0.25) is 0 Å². The van der Waals surface area contributed by atoms with Gasteiger partial charge in [-0.3, -0.25) is 14.5 Å². The van der Waals surface area contributed by atoms with E-state index in [1.807, 2.05) is 41.9 Å². The van der Waals surface area contributed by atoms with E-state index < -0.39 is 6.03 Å². The molecule has 0 bridgehead atoms. The normalized spacial score (nSPS) is 19.5. The Morgan fingerprint density at radius 3 is 2.69 bits per heavy atom. The van der Waals surface area contributed by atoms with E-state index in [9.17, 15) is 14.4 Å². The molecule has 26 heavy (non-hydrogen) atoms. The molecule has 1 fully saturated rings. The van der Waals surface area contributed by atoms with Crippen molar-refractivity contribution >= 4 is 17.8 Å². The van der Waals surface area contributed by atoms with Crippen molar-refractivity contribution in [1.29, 1.82) is 0 Å². The second-order valence-electron chi connectivity index (χ2n) is 6.28. The summed E-state index contributed by atoms with van der Waals surface area (Å²) in [5.41, 5.74) is 0.916. The topological polar surface area (TPSA) is 100 Å². The van der Waals surface area contributed by atoms with Gasteiger partial charge in [0.05, 0.1) is 19.1 Å². The number of hydrogen-bond donors (Lipinski definition) is 1. The van der Waals surface area contributed by atoms with E-state index in [-0.39, 0.29) is 30.9 Å². The van der Waals surface area contributed by atoms with E-state index in [0.717, 1.165) is 10.5 Å². The smallest absolute Gasteiger partial charge is 0.325 e. The van der Waals surface area contributed by atoms with E-state index in [2.05, 4.69) is 15.4 Å². The third-order valence-corrected chi connectivity index (χ3v) is 4.68. The van der Waals surface area contributed by atoms with Crippen LogP contribution < -0.4 is 5.32 Å². The van der Waals surface area contributed by atoms with Crippen molar-refractivity contribution in [1.82, 2.24) is 29.9 Å². The number of amides is 4. The molecule has 2 aliphatic heterocycles. The number of carbonyl (C=O) groups excluding carboxylic acids is 3. The molecule has 9 nitrogen and oxygen atoms in total. The third kappa shape index (κ3) is 2.71. The predicted octanol–water partition coefficient (Wildman–Crippen LogP) is 0.400. The Bertz CT molecular complexity index is 862. The van der Waals surface area contributed by atoms with Crippen LogP contribution in [0, 0.1) is 0 Å². The first-order valence-corrected chi connectivity index (χ1v) is 8.42. The third-order valence-electron chi connectivity index (χ3n) is 4.68. The lowest BCUT2D eigenvalue weighted by Gasteiger charge is -2.33. The van der Waals surface area contributed by atoms with Crippen molar-refractivity contribution in [2.24, 2.45) is 0 Å². The first-order chi connectivity index (χ1) is 12.5. The van der Waals surface area contributed by atoms with Crippen molar-refractivity contribution in [2.45, 2.75) is 19.5 Å². The van der Waals surface area contributed by atoms with Gasteiger partial charge in [0.15, 0.2) is 5.82 Å². The number of benzene rings is 1. The molecule has 2 aliphatic rings. The zero-order chi connectivity index (χ0) is 18.3. The maximum atomic E-state index is 12.6. The van der Waals surface area contributed by atoms with Crippen LogP contribution in [-0.4, -0.2) is 62.0 Å². The maximum Gasteiger partial charge on any atom is 0.325 e. The zero-order valence-corrected chi connectivity index (χ0v) is 14.3. The van der Waals surface area contributed by atoms with Gasteiger partial charge in [-0.2, -0.15) is 5.10 Å². The molecule has 1 saturated heterocycles. The molecule has 4 rings (SSSR count). The van der Waals surface area contributed by atoms with Crippen LogP contribution in [0.4, 0.5) is 4.79 Å². The fourth-order valence-electron chi connectivity index (χ4n) is 3.25. The summed E-state index contributed by atoms with van der Waals surface area (Å²) in [6.07, 6.45) is 0. The van der Waals surface area contributed by atoms with Crippen molar-refractivity contribution in [2.75, 3.05) is 19.6 Å². The van der Waals surface area contributed by atoms with Crippen LogP contribution >= 0.6 is 0 Å². The molecule has 2 aromatic rings. The van der Waals surface area contributed by atoms with Gasteiger partial charge in [-0.15, -0.1) is 0 Å². The van der Waals surface area contributed by atoms with E-state index in [1.165, 1.54) is 0 Å². The lowest BCUT2D eigenvalue weighted by atomic mass is 10.2. The summed E-state index contributed by atoms with van der Waals surface area (Å²) in [5, 5.41) is 6.95. The summed E-state index contributed by atoms with van der Waals surface area (Å²) in [5.74, 6) is 0.650. The SMILES string of the molecule is C[C@H]1c2nc(-c3ccccc3)nn2CCN1C(=O)CN1C(=O)CNC1=O. The first kappa shape index (κ1) is 16.2. The quantitative estimate of drug-likeness (QED) is 0.804. The summed E-state index contributed by atoms with van der Waals surface area (Å²) in [6.45, 7) is 2.53. The highest BCUT2D eigenvalue weighted by atomic mass is 16.2. The lowest BCUT2D eigenvalue weighted by Crippen LogP contribution is -2.47. The number of rotatable bonds is 3. The molecule has 1 N–H and O–H groups in total. The minimum absolute atomic E-state index is 0.0591. The Morgan fingerprint density at radius 1 is 1.23 bits per heavy atom. The number of carbonyl (C=O) groups is 3. The van der Waals surface area contributed by atoms with Crippen molar-refractivity contribution in [3.8, 4) is 11.4 Å². The van der Waals surface area contributed by atoms with Gasteiger partial charge < -0.3 is 10.2 Å². The molecule has 0 saturated carbocycles. The fraction of sp³-hybridized carbons (Fsp3) is 0.353. The molecule has 1 aromatic heterocycles. The number of fused-ring (bicyclic) bond motifs is 1. The summed E-state index contributed by atoms with van der Waals surface area (Å²) in [6, 6.07) is 8.83. The van der Waals surface area contributed by atoms with E-state index >= 15 is 0 Å². The second kappa shape index (κ2) is 6.25. The van der Waals surface area contributed by atoms with Crippen molar-refractivity contribution < 1.29 is 14.4 Å². The number of hydrogen-bond acceptors (Lipinski definition) is 5. The average Bonchev–Trinajstić information content (AvgIpc) is 3.22. The summed E-state index contributed by atoms with van der Waals surface area (Å²) in [7, 11) is 0. The number of urea groups is 1. The standard InChI is InChI=1S/C17H18N6O3/c1-11-16-19-15(12-5-3-2-4-6-12)20-23(16)8-7-21(11)14(25)10-22-13(24)9-18-17(22)26/h2-6,11H,7-10H2,1H3,(H,18,26)/t11-/m0/s1. The van der Waals surface area contributed by atoms with Crippen molar-refractivity contribution in [3.63, 3.8) is 0 Å². The van der Waals surface area contributed by atoms with Crippen LogP contribution in [0.5, 0.6) is 0 Å². The van der Waals surface area contributed by atoms with Crippen LogP contribution in [0.15, 0.2) is 30.3 Å². The monoisotopic (exact) mass is 354 g/mol. The molecule has 134 valence electrons. The van der Waals surface area contributed by atoms with Crippen LogP contribution in [0.25, 0.3) is 11.4 Å². The summed E-state index contributed by atoms with van der Waals surface area (Å²) < 4.78 is 1.81. The molecule has 9 heteroatoms. The van der Waals surface area contributed by atoms with Crippen molar-refractivity contribution in [3.05, 3.63) is 36.2 Å². The van der Waals surface area contributed by atoms with Gasteiger partial charge in [0.2, 0.25) is 5.91 Å². The Labute approximate surface area is 149 Å². The fourth-order valence-corrected chi connectivity index (χ4v) is 3.25. The Morgan fingerprint density at radius 2 is 2.00 bits per heavy atom. The van der Waals surface area contributed by atoms with Gasteiger partial charge in [0.1, 0.15) is 12.4 Å². The Kier molecular flexibility index (Phi) is 3.90. The van der Waals surface area contributed by atoms with Gasteiger partial charge in [-0.1, -0.05) is 30.3 Å². The predicted molar refractivity (Wildman–Crippen MR) is 90.7 cm³/mol.